The maximum absolute atomic E-state index is 13.6. The van der Waals surface area contributed by atoms with E-state index in [0.29, 0.717) is 5.75 Å². The van der Waals surface area contributed by atoms with E-state index in [1.54, 1.807) is 0 Å². The van der Waals surface area contributed by atoms with Crippen LogP contribution in [0.2, 0.25) is 0 Å². The summed E-state index contributed by atoms with van der Waals surface area (Å²) in [6.07, 6.45) is 9.64. The van der Waals surface area contributed by atoms with Gasteiger partial charge >= 0.3 is 7.60 Å². The molecule has 2 aromatic carbocycles. The number of benzene rings is 2. The van der Waals surface area contributed by atoms with E-state index in [9.17, 15) is 9.67 Å². The molecular weight excluding hydrogens is 407 g/mol. The lowest BCUT2D eigenvalue weighted by molar-refractivity contribution is 0.318. The zero-order chi connectivity index (χ0) is 22.3. The van der Waals surface area contributed by atoms with Crippen LogP contribution < -0.4 is 4.52 Å². The number of aromatic hydroxyl groups is 1. The normalized spacial score (nSPS) is 18.3. The summed E-state index contributed by atoms with van der Waals surface area (Å²) >= 11 is 0. The Morgan fingerprint density at radius 2 is 1.90 bits per heavy atom. The largest absolute Gasteiger partial charge is 0.507 e. The Hall–Kier alpha value is -2.03. The number of phenols is 1. The Balaban J connectivity index is 1.97. The van der Waals surface area contributed by atoms with Gasteiger partial charge < -0.3 is 14.2 Å². The fourth-order valence-corrected chi connectivity index (χ4v) is 5.65. The Morgan fingerprint density at radius 1 is 1.13 bits per heavy atom. The van der Waals surface area contributed by atoms with Gasteiger partial charge in [0.25, 0.3) is 0 Å². The van der Waals surface area contributed by atoms with Gasteiger partial charge in [-0.25, -0.2) is 4.57 Å². The Bertz CT molecular complexity index is 936. The lowest BCUT2D eigenvalue weighted by Crippen LogP contribution is -2.07. The molecule has 168 valence electrons. The first-order valence-corrected chi connectivity index (χ1v) is 13.1. The molecule has 0 aliphatic heterocycles. The van der Waals surface area contributed by atoms with Crippen LogP contribution in [0.5, 0.6) is 11.5 Å². The molecule has 2 atom stereocenters. The van der Waals surface area contributed by atoms with Crippen molar-refractivity contribution >= 4 is 7.60 Å². The predicted molar refractivity (Wildman–Crippen MR) is 127 cm³/mol. The molecule has 4 nitrogen and oxygen atoms in total. The standard InChI is InChI=1S/C26H35O4P/c1-4-5-7-14-22-17-24(27)26(23-15-10-11-20(2)16-23)25(18-22)30-31(28,29-3)19-21-12-8-6-9-13-21/h6,8-9,12-13,16-18,23,27H,4-5,7,10-11,14-15,19H2,1-3H3. The Kier molecular flexibility index (Phi) is 8.40. The molecule has 0 saturated carbocycles. The van der Waals surface area contributed by atoms with E-state index in [4.69, 9.17) is 9.05 Å². The molecule has 0 radical (unpaired) electrons. The SMILES string of the molecule is CCCCCc1cc(O)c(C2C=C(C)CCC2)c(OP(=O)(Cc2ccccc2)OC)c1. The molecule has 2 unspecified atom stereocenters. The summed E-state index contributed by atoms with van der Waals surface area (Å²) in [5, 5.41) is 11.0. The van der Waals surface area contributed by atoms with E-state index in [2.05, 4.69) is 19.9 Å². The van der Waals surface area contributed by atoms with Gasteiger partial charge in [0.2, 0.25) is 0 Å². The molecule has 0 bridgehead atoms. The summed E-state index contributed by atoms with van der Waals surface area (Å²) in [5.41, 5.74) is 3.94. The summed E-state index contributed by atoms with van der Waals surface area (Å²) < 4.78 is 25.1. The Morgan fingerprint density at radius 3 is 2.58 bits per heavy atom. The smallest absolute Gasteiger partial charge is 0.383 e. The van der Waals surface area contributed by atoms with E-state index >= 15 is 0 Å². The molecule has 1 N–H and O–H groups in total. The second-order valence-electron chi connectivity index (χ2n) is 8.52. The number of phenolic OH excluding ortho intramolecular Hbond substituents is 1. The number of hydrogen-bond acceptors (Lipinski definition) is 4. The van der Waals surface area contributed by atoms with Crippen molar-refractivity contribution in [1.29, 1.82) is 0 Å². The number of rotatable bonds is 10. The summed E-state index contributed by atoms with van der Waals surface area (Å²) in [7, 11) is -2.01. The molecule has 31 heavy (non-hydrogen) atoms. The molecule has 5 heteroatoms. The second kappa shape index (κ2) is 11.0. The van der Waals surface area contributed by atoms with Gasteiger partial charge in [-0.2, -0.15) is 0 Å². The van der Waals surface area contributed by atoms with E-state index in [1.165, 1.54) is 12.7 Å². The third-order valence-electron chi connectivity index (χ3n) is 5.93. The second-order valence-corrected chi connectivity index (χ2v) is 10.6. The quantitative estimate of drug-likeness (QED) is 0.232. The highest BCUT2D eigenvalue weighted by atomic mass is 31.2. The Labute approximate surface area is 186 Å². The lowest BCUT2D eigenvalue weighted by Gasteiger charge is -2.26. The van der Waals surface area contributed by atoms with Crippen LogP contribution in [0, 0.1) is 0 Å². The fraction of sp³-hybridized carbons (Fsp3) is 0.462. The number of unbranched alkanes of at least 4 members (excludes halogenated alkanes) is 2. The van der Waals surface area contributed by atoms with Crippen molar-refractivity contribution in [2.75, 3.05) is 7.11 Å². The van der Waals surface area contributed by atoms with Gasteiger partial charge in [-0.3, -0.25) is 0 Å². The molecule has 1 aliphatic carbocycles. The van der Waals surface area contributed by atoms with Gasteiger partial charge in [-0.05, 0) is 62.3 Å². The summed E-state index contributed by atoms with van der Waals surface area (Å²) in [5.74, 6) is 0.765. The molecule has 1 aliphatic rings. The first kappa shape index (κ1) is 23.6. The summed E-state index contributed by atoms with van der Waals surface area (Å²) in [4.78, 5) is 0. The maximum atomic E-state index is 13.6. The highest BCUT2D eigenvalue weighted by Crippen LogP contribution is 2.54. The van der Waals surface area contributed by atoms with Gasteiger partial charge in [-0.1, -0.05) is 61.7 Å². The molecule has 0 saturated heterocycles. The van der Waals surface area contributed by atoms with Crippen molar-refractivity contribution in [2.45, 2.75) is 70.9 Å². The molecule has 3 rings (SSSR count). The molecular formula is C26H35O4P. The van der Waals surface area contributed by atoms with Crippen molar-refractivity contribution in [1.82, 2.24) is 0 Å². The van der Waals surface area contributed by atoms with Crippen LogP contribution in [0.4, 0.5) is 0 Å². The zero-order valence-electron chi connectivity index (χ0n) is 19.0. The van der Waals surface area contributed by atoms with Gasteiger partial charge in [-0.15, -0.1) is 0 Å². The highest BCUT2D eigenvalue weighted by molar-refractivity contribution is 7.53. The van der Waals surface area contributed by atoms with E-state index in [1.807, 2.05) is 42.5 Å². The number of aryl methyl sites for hydroxylation is 1. The van der Waals surface area contributed by atoms with Gasteiger partial charge in [0, 0.05) is 18.6 Å². The van der Waals surface area contributed by atoms with E-state index in [-0.39, 0.29) is 17.8 Å². The van der Waals surface area contributed by atoms with Crippen LogP contribution in [0.15, 0.2) is 54.1 Å². The minimum Gasteiger partial charge on any atom is -0.507 e. The molecule has 0 amide bonds. The average Bonchev–Trinajstić information content (AvgIpc) is 2.74. The molecule has 0 heterocycles. The fourth-order valence-electron chi connectivity index (χ4n) is 4.27. The van der Waals surface area contributed by atoms with Gasteiger partial charge in [0.1, 0.15) is 11.5 Å². The first-order valence-electron chi connectivity index (χ1n) is 11.4. The predicted octanol–water partition coefficient (Wildman–Crippen LogP) is 7.76. The van der Waals surface area contributed by atoms with Gasteiger partial charge in [0.15, 0.2) is 0 Å². The monoisotopic (exact) mass is 442 g/mol. The number of allylic oxidation sites excluding steroid dienone is 2. The van der Waals surface area contributed by atoms with Crippen molar-refractivity contribution in [3.05, 3.63) is 70.8 Å². The average molecular weight is 443 g/mol. The van der Waals surface area contributed by atoms with Crippen molar-refractivity contribution < 1.29 is 18.7 Å². The van der Waals surface area contributed by atoms with Crippen molar-refractivity contribution in [2.24, 2.45) is 0 Å². The first-order chi connectivity index (χ1) is 14.9. The minimum absolute atomic E-state index is 0.0514. The van der Waals surface area contributed by atoms with Crippen molar-refractivity contribution in [3.8, 4) is 11.5 Å². The summed E-state index contributed by atoms with van der Waals surface area (Å²) in [6.45, 7) is 4.30. The molecule has 0 spiro atoms. The van der Waals surface area contributed by atoms with Crippen LogP contribution in [0.3, 0.4) is 0 Å². The molecule has 2 aromatic rings. The van der Waals surface area contributed by atoms with E-state index < -0.39 is 7.60 Å². The molecule has 0 aromatic heterocycles. The maximum Gasteiger partial charge on any atom is 0.383 e. The third-order valence-corrected chi connectivity index (χ3v) is 7.71. The van der Waals surface area contributed by atoms with Gasteiger partial charge in [0.05, 0.1) is 6.16 Å². The highest BCUT2D eigenvalue weighted by Gasteiger charge is 2.30. The zero-order valence-corrected chi connectivity index (χ0v) is 19.9. The van der Waals surface area contributed by atoms with Crippen LogP contribution in [0.1, 0.15) is 75.0 Å². The van der Waals surface area contributed by atoms with Crippen molar-refractivity contribution in [3.63, 3.8) is 0 Å². The minimum atomic E-state index is -3.44. The van der Waals surface area contributed by atoms with E-state index in [0.717, 1.165) is 61.6 Å². The topological polar surface area (TPSA) is 55.8 Å². The van der Waals surface area contributed by atoms with Crippen LogP contribution in [-0.4, -0.2) is 12.2 Å². The lowest BCUT2D eigenvalue weighted by atomic mass is 9.84. The third kappa shape index (κ3) is 6.48. The molecule has 0 fully saturated rings. The van der Waals surface area contributed by atoms with Crippen LogP contribution >= 0.6 is 7.60 Å². The van der Waals surface area contributed by atoms with Crippen LogP contribution in [0.25, 0.3) is 0 Å². The number of hydrogen-bond donors (Lipinski definition) is 1. The summed E-state index contributed by atoms with van der Waals surface area (Å²) in [6, 6.07) is 13.4. The van der Waals surface area contributed by atoms with Crippen LogP contribution in [-0.2, 0) is 21.7 Å².